The van der Waals surface area contributed by atoms with Crippen molar-refractivity contribution in [3.8, 4) is 0 Å². The highest BCUT2D eigenvalue weighted by atomic mass is 16.5. The first-order valence-electron chi connectivity index (χ1n) is 7.53. The molecule has 0 radical (unpaired) electrons. The standard InChI is InChI=1S/C14H24N2O4/c17-13(18)9-12-10-20-8-7-16(12)14(19)15-11-5-3-1-2-4-6-11/h11-12H,1-10H2,(H,15,19)(H,17,18). The van der Waals surface area contributed by atoms with Crippen LogP contribution in [0.4, 0.5) is 4.79 Å². The lowest BCUT2D eigenvalue weighted by Crippen LogP contribution is -2.54. The molecule has 2 fully saturated rings. The molecule has 2 aliphatic rings. The number of ether oxygens (including phenoxy) is 1. The van der Waals surface area contributed by atoms with E-state index in [4.69, 9.17) is 9.84 Å². The van der Waals surface area contributed by atoms with Gasteiger partial charge in [-0.05, 0) is 12.8 Å². The molecule has 0 bridgehead atoms. The molecule has 2 rings (SSSR count). The monoisotopic (exact) mass is 284 g/mol. The molecule has 1 aliphatic carbocycles. The number of carboxylic acid groups (broad SMARTS) is 1. The number of urea groups is 1. The molecule has 20 heavy (non-hydrogen) atoms. The van der Waals surface area contributed by atoms with E-state index in [2.05, 4.69) is 5.32 Å². The summed E-state index contributed by atoms with van der Waals surface area (Å²) in [6, 6.07) is -0.253. The van der Waals surface area contributed by atoms with Gasteiger partial charge < -0.3 is 20.1 Å². The molecule has 6 heteroatoms. The van der Waals surface area contributed by atoms with E-state index in [1.165, 1.54) is 12.8 Å². The number of rotatable bonds is 3. The lowest BCUT2D eigenvalue weighted by atomic mass is 10.1. The molecule has 1 saturated carbocycles. The molecule has 0 spiro atoms. The lowest BCUT2D eigenvalue weighted by molar-refractivity contribution is -0.139. The van der Waals surface area contributed by atoms with Gasteiger partial charge in [-0.25, -0.2) is 4.79 Å². The number of nitrogens with one attached hydrogen (secondary N) is 1. The van der Waals surface area contributed by atoms with Gasteiger partial charge in [-0.15, -0.1) is 0 Å². The van der Waals surface area contributed by atoms with Crippen LogP contribution in [0.2, 0.25) is 0 Å². The van der Waals surface area contributed by atoms with E-state index in [-0.39, 0.29) is 24.5 Å². The Kier molecular flexibility index (Phi) is 5.64. The van der Waals surface area contributed by atoms with Crippen LogP contribution in [0.1, 0.15) is 44.9 Å². The van der Waals surface area contributed by atoms with Crippen molar-refractivity contribution < 1.29 is 19.4 Å². The number of carboxylic acids is 1. The Hall–Kier alpha value is -1.30. The highest BCUT2D eigenvalue weighted by Gasteiger charge is 2.30. The first-order chi connectivity index (χ1) is 9.66. The molecule has 1 atom stereocenters. The minimum absolute atomic E-state index is 0.0575. The number of carbonyl (C=O) groups is 2. The van der Waals surface area contributed by atoms with Gasteiger partial charge >= 0.3 is 12.0 Å². The number of hydrogen-bond donors (Lipinski definition) is 2. The summed E-state index contributed by atoms with van der Waals surface area (Å²) in [7, 11) is 0. The molecule has 1 heterocycles. The van der Waals surface area contributed by atoms with Gasteiger partial charge in [0.25, 0.3) is 0 Å². The molecule has 114 valence electrons. The molecule has 1 aliphatic heterocycles. The van der Waals surface area contributed by atoms with E-state index >= 15 is 0 Å². The van der Waals surface area contributed by atoms with Crippen molar-refractivity contribution in [1.82, 2.24) is 10.2 Å². The SMILES string of the molecule is O=C(O)CC1COCCN1C(=O)NC1CCCCCC1. The molecular weight excluding hydrogens is 260 g/mol. The Bertz CT molecular complexity index is 340. The van der Waals surface area contributed by atoms with Crippen molar-refractivity contribution in [2.24, 2.45) is 0 Å². The van der Waals surface area contributed by atoms with Crippen molar-refractivity contribution in [3.63, 3.8) is 0 Å². The predicted octanol–water partition coefficient (Wildman–Crippen LogP) is 1.59. The summed E-state index contributed by atoms with van der Waals surface area (Å²) in [5, 5.41) is 12.0. The molecule has 1 saturated heterocycles. The van der Waals surface area contributed by atoms with Crippen LogP contribution in [-0.2, 0) is 9.53 Å². The first-order valence-corrected chi connectivity index (χ1v) is 7.53. The maximum Gasteiger partial charge on any atom is 0.318 e. The molecule has 6 nitrogen and oxygen atoms in total. The maximum absolute atomic E-state index is 12.3. The fourth-order valence-electron chi connectivity index (χ4n) is 2.97. The average molecular weight is 284 g/mol. The number of carbonyl (C=O) groups excluding carboxylic acids is 1. The largest absolute Gasteiger partial charge is 0.481 e. The van der Waals surface area contributed by atoms with Gasteiger partial charge in [0.05, 0.1) is 25.7 Å². The second-order valence-electron chi connectivity index (χ2n) is 5.66. The molecule has 2 N–H and O–H groups in total. The number of amides is 2. The number of hydrogen-bond acceptors (Lipinski definition) is 3. The maximum atomic E-state index is 12.3. The van der Waals surface area contributed by atoms with Gasteiger partial charge in [0, 0.05) is 12.6 Å². The topological polar surface area (TPSA) is 78.9 Å². The van der Waals surface area contributed by atoms with Crippen molar-refractivity contribution in [1.29, 1.82) is 0 Å². The van der Waals surface area contributed by atoms with E-state index in [9.17, 15) is 9.59 Å². The van der Waals surface area contributed by atoms with Gasteiger partial charge in [0.15, 0.2) is 0 Å². The smallest absolute Gasteiger partial charge is 0.318 e. The van der Waals surface area contributed by atoms with Crippen LogP contribution in [-0.4, -0.2) is 53.8 Å². The van der Waals surface area contributed by atoms with E-state index in [0.29, 0.717) is 19.8 Å². The Labute approximate surface area is 119 Å². The third-order valence-corrected chi connectivity index (χ3v) is 4.08. The Morgan fingerprint density at radius 1 is 1.20 bits per heavy atom. The van der Waals surface area contributed by atoms with Crippen LogP contribution in [0.25, 0.3) is 0 Å². The zero-order valence-corrected chi connectivity index (χ0v) is 11.8. The summed E-state index contributed by atoms with van der Waals surface area (Å²) in [4.78, 5) is 24.8. The minimum Gasteiger partial charge on any atom is -0.481 e. The number of morpholine rings is 1. The Balaban J connectivity index is 1.89. The van der Waals surface area contributed by atoms with Crippen molar-refractivity contribution in [2.45, 2.75) is 57.0 Å². The third kappa shape index (κ3) is 4.37. The Morgan fingerprint density at radius 2 is 1.90 bits per heavy atom. The third-order valence-electron chi connectivity index (χ3n) is 4.08. The predicted molar refractivity (Wildman–Crippen MR) is 73.6 cm³/mol. The van der Waals surface area contributed by atoms with Crippen LogP contribution in [0.15, 0.2) is 0 Å². The molecule has 0 aromatic carbocycles. The van der Waals surface area contributed by atoms with Crippen molar-refractivity contribution in [3.05, 3.63) is 0 Å². The van der Waals surface area contributed by atoms with Crippen molar-refractivity contribution >= 4 is 12.0 Å². The summed E-state index contributed by atoms with van der Waals surface area (Å²) < 4.78 is 5.29. The minimum atomic E-state index is -0.896. The first kappa shape index (κ1) is 15.1. The summed E-state index contributed by atoms with van der Waals surface area (Å²) in [5.74, 6) is -0.896. The zero-order chi connectivity index (χ0) is 14.4. The zero-order valence-electron chi connectivity index (χ0n) is 11.8. The van der Waals surface area contributed by atoms with Crippen LogP contribution in [0, 0.1) is 0 Å². The normalized spacial score (nSPS) is 25.0. The summed E-state index contributed by atoms with van der Waals surface area (Å²) in [5.41, 5.74) is 0. The average Bonchev–Trinajstić information content (AvgIpc) is 2.67. The molecule has 2 amide bonds. The van der Waals surface area contributed by atoms with Gasteiger partial charge in [-0.1, -0.05) is 25.7 Å². The van der Waals surface area contributed by atoms with E-state index in [1.54, 1.807) is 4.90 Å². The van der Waals surface area contributed by atoms with Gasteiger partial charge in [0.1, 0.15) is 0 Å². The second-order valence-corrected chi connectivity index (χ2v) is 5.66. The lowest BCUT2D eigenvalue weighted by Gasteiger charge is -2.35. The summed E-state index contributed by atoms with van der Waals surface area (Å²) >= 11 is 0. The second kappa shape index (κ2) is 7.47. The van der Waals surface area contributed by atoms with Crippen LogP contribution in [0.3, 0.4) is 0 Å². The van der Waals surface area contributed by atoms with E-state index in [0.717, 1.165) is 25.7 Å². The van der Waals surface area contributed by atoms with E-state index in [1.807, 2.05) is 0 Å². The van der Waals surface area contributed by atoms with Gasteiger partial charge in [-0.3, -0.25) is 4.79 Å². The molecular formula is C14H24N2O4. The molecule has 0 aromatic heterocycles. The number of aliphatic carboxylic acids is 1. The Morgan fingerprint density at radius 3 is 2.55 bits per heavy atom. The number of nitrogens with zero attached hydrogens (tertiary/aromatic N) is 1. The fraction of sp³-hybridized carbons (Fsp3) is 0.857. The quantitative estimate of drug-likeness (QED) is 0.771. The molecule has 1 unspecified atom stereocenters. The van der Waals surface area contributed by atoms with Gasteiger partial charge in [0.2, 0.25) is 0 Å². The van der Waals surface area contributed by atoms with Gasteiger partial charge in [-0.2, -0.15) is 0 Å². The highest BCUT2D eigenvalue weighted by Crippen LogP contribution is 2.18. The fourth-order valence-corrected chi connectivity index (χ4v) is 2.97. The van der Waals surface area contributed by atoms with Crippen LogP contribution in [0.5, 0.6) is 0 Å². The highest BCUT2D eigenvalue weighted by molar-refractivity contribution is 5.76. The molecule has 0 aromatic rings. The summed E-state index contributed by atoms with van der Waals surface area (Å²) in [6.45, 7) is 1.26. The van der Waals surface area contributed by atoms with Crippen LogP contribution >= 0.6 is 0 Å². The summed E-state index contributed by atoms with van der Waals surface area (Å²) in [6.07, 6.45) is 6.80. The van der Waals surface area contributed by atoms with Crippen molar-refractivity contribution in [2.75, 3.05) is 19.8 Å². The van der Waals surface area contributed by atoms with Crippen LogP contribution < -0.4 is 5.32 Å². The van der Waals surface area contributed by atoms with E-state index < -0.39 is 5.97 Å².